The van der Waals surface area contributed by atoms with E-state index in [1.807, 2.05) is 0 Å². The Morgan fingerprint density at radius 2 is 2.12 bits per heavy atom. The first kappa shape index (κ1) is 17.5. The van der Waals surface area contributed by atoms with Crippen LogP contribution >= 0.6 is 0 Å². The Kier molecular flexibility index (Phi) is 4.38. The molecule has 2 heterocycles. The van der Waals surface area contributed by atoms with Crippen LogP contribution in [-0.4, -0.2) is 27.9 Å². The lowest BCUT2D eigenvalue weighted by Gasteiger charge is -2.43. The van der Waals surface area contributed by atoms with Crippen LogP contribution in [0.4, 0.5) is 0 Å². The molecule has 0 bridgehead atoms. The van der Waals surface area contributed by atoms with E-state index in [9.17, 15) is 14.9 Å². The van der Waals surface area contributed by atoms with E-state index >= 15 is 0 Å². The molecule has 2 aromatic rings. The second-order valence-corrected chi connectivity index (χ2v) is 6.40. The third kappa shape index (κ3) is 3.37. The van der Waals surface area contributed by atoms with Crippen LogP contribution in [0.5, 0.6) is 11.6 Å². The molecule has 8 nitrogen and oxygen atoms in total. The van der Waals surface area contributed by atoms with Crippen molar-refractivity contribution < 1.29 is 19.0 Å². The van der Waals surface area contributed by atoms with Crippen molar-refractivity contribution in [2.75, 3.05) is 0 Å². The van der Waals surface area contributed by atoms with Crippen LogP contribution < -0.4 is 15.0 Å². The van der Waals surface area contributed by atoms with Gasteiger partial charge in [0.1, 0.15) is 11.4 Å². The van der Waals surface area contributed by atoms with Crippen LogP contribution in [0.1, 0.15) is 38.0 Å². The molecule has 26 heavy (non-hydrogen) atoms. The number of ether oxygens (including phenoxy) is 3. The summed E-state index contributed by atoms with van der Waals surface area (Å²) in [6, 6.07) is 9.69. The summed E-state index contributed by atoms with van der Waals surface area (Å²) < 4.78 is 17.4. The first-order valence-electron chi connectivity index (χ1n) is 7.93. The number of H-pyrrole nitrogens is 1. The molecule has 1 aromatic carbocycles. The minimum atomic E-state index is -0.889. The van der Waals surface area contributed by atoms with E-state index in [0.717, 1.165) is 0 Å². The number of benzene rings is 1. The number of hydrogen-bond donors (Lipinski definition) is 1. The summed E-state index contributed by atoms with van der Waals surface area (Å²) in [5.41, 5.74) is -0.285. The van der Waals surface area contributed by atoms with Gasteiger partial charge in [0.25, 0.3) is 5.56 Å². The van der Waals surface area contributed by atoms with Crippen LogP contribution in [0.3, 0.4) is 0 Å². The number of rotatable bonds is 3. The quantitative estimate of drug-likeness (QED) is 0.836. The van der Waals surface area contributed by atoms with Crippen LogP contribution in [0.15, 0.2) is 35.1 Å². The summed E-state index contributed by atoms with van der Waals surface area (Å²) in [5, 5.41) is 15.3. The zero-order valence-corrected chi connectivity index (χ0v) is 14.5. The first-order valence-corrected chi connectivity index (χ1v) is 7.93. The van der Waals surface area contributed by atoms with Crippen molar-refractivity contribution >= 4 is 5.97 Å². The van der Waals surface area contributed by atoms with E-state index < -0.39 is 23.8 Å². The molecular formula is C18H17N3O5. The Morgan fingerprint density at radius 3 is 2.73 bits per heavy atom. The highest BCUT2D eigenvalue weighted by atomic mass is 16.6. The zero-order chi connectivity index (χ0) is 18.9. The molecule has 1 N–H and O–H groups in total. The minimum Gasteiger partial charge on any atom is -0.483 e. The lowest BCUT2D eigenvalue weighted by atomic mass is 9.87. The average molecular weight is 355 g/mol. The predicted octanol–water partition coefficient (Wildman–Crippen LogP) is 1.86. The Labute approximate surface area is 149 Å². The van der Waals surface area contributed by atoms with Gasteiger partial charge in [0.15, 0.2) is 12.2 Å². The van der Waals surface area contributed by atoms with Gasteiger partial charge in [-0.25, -0.2) is 5.10 Å². The van der Waals surface area contributed by atoms with Crippen LogP contribution in [0.25, 0.3) is 0 Å². The smallest absolute Gasteiger partial charge is 0.303 e. The highest BCUT2D eigenvalue weighted by molar-refractivity contribution is 5.66. The molecular weight excluding hydrogens is 338 g/mol. The van der Waals surface area contributed by atoms with Crippen molar-refractivity contribution in [2.45, 2.75) is 38.6 Å². The zero-order valence-electron chi connectivity index (χ0n) is 14.5. The summed E-state index contributed by atoms with van der Waals surface area (Å²) in [7, 11) is 0. The lowest BCUT2D eigenvalue weighted by molar-refractivity contribution is -0.172. The van der Waals surface area contributed by atoms with Gasteiger partial charge in [-0.15, -0.1) is 5.10 Å². The molecule has 0 fully saturated rings. The Morgan fingerprint density at radius 1 is 1.35 bits per heavy atom. The van der Waals surface area contributed by atoms with Crippen molar-refractivity contribution in [3.63, 3.8) is 0 Å². The highest BCUT2D eigenvalue weighted by Gasteiger charge is 2.48. The lowest BCUT2D eigenvalue weighted by Crippen LogP contribution is -2.52. The molecule has 8 heteroatoms. The Hall–Kier alpha value is -3.34. The van der Waals surface area contributed by atoms with Gasteiger partial charge < -0.3 is 14.2 Å². The fraction of sp³-hybridized carbons (Fsp3) is 0.333. The minimum absolute atomic E-state index is 0.151. The number of aromatic amines is 1. The molecule has 0 aliphatic carbocycles. The molecule has 0 amide bonds. The predicted molar refractivity (Wildman–Crippen MR) is 89.6 cm³/mol. The topological polar surface area (TPSA) is 114 Å². The second-order valence-electron chi connectivity index (χ2n) is 6.40. The molecule has 1 aromatic heterocycles. The first-order chi connectivity index (χ1) is 12.3. The number of esters is 1. The molecule has 0 spiro atoms. The number of carbonyl (C=O) groups excluding carboxylic acids is 1. The van der Waals surface area contributed by atoms with Crippen molar-refractivity contribution in [3.8, 4) is 17.7 Å². The van der Waals surface area contributed by atoms with Crippen molar-refractivity contribution in [1.82, 2.24) is 10.2 Å². The van der Waals surface area contributed by atoms with Gasteiger partial charge in [0.05, 0.1) is 11.6 Å². The summed E-state index contributed by atoms with van der Waals surface area (Å²) in [6.45, 7) is 4.85. The van der Waals surface area contributed by atoms with Gasteiger partial charge in [-0.3, -0.25) is 9.59 Å². The fourth-order valence-corrected chi connectivity index (χ4v) is 2.84. The van der Waals surface area contributed by atoms with Gasteiger partial charge >= 0.3 is 5.97 Å². The van der Waals surface area contributed by atoms with E-state index in [1.54, 1.807) is 32.0 Å². The largest absolute Gasteiger partial charge is 0.483 e. The third-order valence-electron chi connectivity index (χ3n) is 3.97. The molecule has 134 valence electrons. The number of carbonyl (C=O) groups is 1. The highest BCUT2D eigenvalue weighted by Crippen LogP contribution is 2.43. The van der Waals surface area contributed by atoms with Crippen molar-refractivity contribution in [1.29, 1.82) is 5.26 Å². The normalized spacial score (nSPS) is 20.2. The van der Waals surface area contributed by atoms with Gasteiger partial charge in [-0.2, -0.15) is 5.26 Å². The number of hydrogen-bond acceptors (Lipinski definition) is 7. The number of aromatic nitrogens is 2. The number of fused-ring (bicyclic) bond motifs is 1. The third-order valence-corrected chi connectivity index (χ3v) is 3.97. The Balaban J connectivity index is 2.10. The summed E-state index contributed by atoms with van der Waals surface area (Å²) in [4.78, 5) is 22.8. The van der Waals surface area contributed by atoms with E-state index in [2.05, 4.69) is 16.3 Å². The van der Waals surface area contributed by atoms with Gasteiger partial charge in [0.2, 0.25) is 5.88 Å². The fourth-order valence-electron chi connectivity index (χ4n) is 2.84. The van der Waals surface area contributed by atoms with Crippen LogP contribution in [0, 0.1) is 11.3 Å². The maximum Gasteiger partial charge on any atom is 0.303 e. The van der Waals surface area contributed by atoms with E-state index in [4.69, 9.17) is 14.2 Å². The summed E-state index contributed by atoms with van der Waals surface area (Å²) >= 11 is 0. The van der Waals surface area contributed by atoms with E-state index in [-0.39, 0.29) is 11.4 Å². The maximum atomic E-state index is 11.6. The molecule has 0 saturated heterocycles. The second kappa shape index (κ2) is 6.52. The van der Waals surface area contributed by atoms with Gasteiger partial charge in [0, 0.05) is 24.6 Å². The molecule has 3 rings (SSSR count). The SMILES string of the molecule is CC(=O)O[C@H]1[C@H](Oc2ccc(=O)[nH]n2)c2cc(C#N)ccc2OC1(C)C. The molecule has 0 radical (unpaired) electrons. The number of nitrogens with one attached hydrogen (secondary N) is 1. The van der Waals surface area contributed by atoms with Gasteiger partial charge in [-0.05, 0) is 32.0 Å². The molecule has 0 unspecified atom stereocenters. The van der Waals surface area contributed by atoms with E-state index in [1.165, 1.54) is 19.1 Å². The molecule has 0 saturated carbocycles. The molecule has 2 atom stereocenters. The number of nitriles is 1. The van der Waals surface area contributed by atoms with Crippen molar-refractivity contribution in [2.24, 2.45) is 0 Å². The van der Waals surface area contributed by atoms with E-state index in [0.29, 0.717) is 16.9 Å². The average Bonchev–Trinajstić information content (AvgIpc) is 2.59. The molecule has 1 aliphatic heterocycles. The standard InChI is InChI=1S/C18H17N3O5/c1-10(22)24-17-16(25-15-7-6-14(23)20-21-15)12-8-11(9-19)4-5-13(12)26-18(17,2)3/h4-8,16-17H,1-3H3,(H,20,23)/t16-,17+/m1/s1. The van der Waals surface area contributed by atoms with Crippen LogP contribution in [0.2, 0.25) is 0 Å². The maximum absolute atomic E-state index is 11.6. The van der Waals surface area contributed by atoms with Crippen LogP contribution in [-0.2, 0) is 9.53 Å². The van der Waals surface area contributed by atoms with Crippen molar-refractivity contribution in [3.05, 3.63) is 51.8 Å². The summed E-state index contributed by atoms with van der Waals surface area (Å²) in [6.07, 6.45) is -1.57. The Bertz CT molecular complexity index is 924. The monoisotopic (exact) mass is 355 g/mol. The summed E-state index contributed by atoms with van der Waals surface area (Å²) in [5.74, 6) is 0.180. The molecule has 1 aliphatic rings. The number of nitrogens with zero attached hydrogens (tertiary/aromatic N) is 2. The van der Waals surface area contributed by atoms with Gasteiger partial charge in [-0.1, -0.05) is 0 Å².